The number of nitrogens with zero attached hydrogens (tertiary/aromatic N) is 1. The first-order chi connectivity index (χ1) is 10.4. The number of piperidine rings is 1. The molecule has 2 fully saturated rings. The molecule has 1 spiro atoms. The molecule has 2 heteroatoms. The van der Waals surface area contributed by atoms with Crippen molar-refractivity contribution in [1.82, 2.24) is 4.90 Å². The predicted molar refractivity (Wildman–Crippen MR) is 95.9 cm³/mol. The van der Waals surface area contributed by atoms with Crippen molar-refractivity contribution in [1.29, 1.82) is 0 Å². The summed E-state index contributed by atoms with van der Waals surface area (Å²) in [6.07, 6.45) is 13.0. The fourth-order valence-corrected chi connectivity index (χ4v) is 5.18. The van der Waals surface area contributed by atoms with Gasteiger partial charge < -0.3 is 4.90 Å². The van der Waals surface area contributed by atoms with E-state index < -0.39 is 0 Å². The van der Waals surface area contributed by atoms with E-state index in [1.165, 1.54) is 77.4 Å². The first kappa shape index (κ1) is 16.3. The molecular weight excluding hydrogens is 290 g/mol. The molecule has 1 aromatic rings. The number of aryl methyl sites for hydroxylation is 1. The van der Waals surface area contributed by atoms with Gasteiger partial charge in [-0.15, -0.1) is 12.4 Å². The fraction of sp³-hybridized carbons (Fsp3) is 0.700. The average Bonchev–Trinajstić information content (AvgIpc) is 2.90. The molecule has 0 radical (unpaired) electrons. The van der Waals surface area contributed by atoms with E-state index in [9.17, 15) is 0 Å². The lowest BCUT2D eigenvalue weighted by Gasteiger charge is -2.41. The third-order valence-electron chi connectivity index (χ3n) is 6.52. The highest BCUT2D eigenvalue weighted by molar-refractivity contribution is 5.85. The van der Waals surface area contributed by atoms with E-state index in [1.807, 2.05) is 0 Å². The second kappa shape index (κ2) is 6.93. The minimum atomic E-state index is 0. The lowest BCUT2D eigenvalue weighted by molar-refractivity contribution is 0.128. The Hall–Kier alpha value is -0.530. The monoisotopic (exact) mass is 319 g/mol. The quantitative estimate of drug-likeness (QED) is 0.744. The van der Waals surface area contributed by atoms with E-state index in [4.69, 9.17) is 0 Å². The molecule has 1 nitrogen and oxygen atoms in total. The van der Waals surface area contributed by atoms with Gasteiger partial charge in [0, 0.05) is 6.54 Å². The van der Waals surface area contributed by atoms with Crippen LogP contribution in [0, 0.1) is 5.92 Å². The zero-order chi connectivity index (χ0) is 14.1. The Morgan fingerprint density at radius 3 is 2.45 bits per heavy atom. The lowest BCUT2D eigenvalue weighted by Crippen LogP contribution is -2.43. The second-order valence-electron chi connectivity index (χ2n) is 7.74. The summed E-state index contributed by atoms with van der Waals surface area (Å²) in [4.78, 5) is 2.78. The summed E-state index contributed by atoms with van der Waals surface area (Å²) in [7, 11) is 0. The molecule has 0 N–H and O–H groups in total. The molecule has 1 heterocycles. The molecule has 1 saturated heterocycles. The van der Waals surface area contributed by atoms with Gasteiger partial charge in [-0.25, -0.2) is 0 Å². The van der Waals surface area contributed by atoms with Crippen molar-refractivity contribution in [2.24, 2.45) is 5.92 Å². The van der Waals surface area contributed by atoms with Crippen molar-refractivity contribution in [3.8, 4) is 0 Å². The summed E-state index contributed by atoms with van der Waals surface area (Å²) in [6, 6.07) is 9.24. The zero-order valence-corrected chi connectivity index (χ0v) is 14.5. The van der Waals surface area contributed by atoms with Crippen molar-refractivity contribution in [2.45, 2.75) is 63.2 Å². The lowest BCUT2D eigenvalue weighted by atomic mass is 9.73. The van der Waals surface area contributed by atoms with Gasteiger partial charge in [-0.05, 0) is 74.1 Å². The average molecular weight is 320 g/mol. The normalized spacial score (nSPS) is 24.9. The van der Waals surface area contributed by atoms with Crippen LogP contribution in [0.1, 0.15) is 62.5 Å². The van der Waals surface area contributed by atoms with Crippen LogP contribution in [0.5, 0.6) is 0 Å². The Bertz CT molecular complexity index is 484. The first-order valence-corrected chi connectivity index (χ1v) is 9.16. The number of halogens is 1. The molecule has 3 aliphatic rings. The molecule has 0 bridgehead atoms. The van der Waals surface area contributed by atoms with Crippen LogP contribution in [0.25, 0.3) is 0 Å². The highest BCUT2D eigenvalue weighted by Crippen LogP contribution is 2.46. The van der Waals surface area contributed by atoms with E-state index in [1.54, 1.807) is 11.1 Å². The number of rotatable bonds is 2. The SMILES string of the molecule is Cl.c1ccc2c(c1)CCC21CCN(CC2CCCCC2)CC1. The smallest absolute Gasteiger partial charge is 0.000967 e. The Kier molecular flexibility index (Phi) is 5.14. The molecule has 1 aliphatic heterocycles. The molecule has 122 valence electrons. The topological polar surface area (TPSA) is 3.24 Å². The van der Waals surface area contributed by atoms with Crippen LogP contribution in [-0.2, 0) is 11.8 Å². The van der Waals surface area contributed by atoms with Crippen molar-refractivity contribution in [2.75, 3.05) is 19.6 Å². The molecule has 4 rings (SSSR count). The highest BCUT2D eigenvalue weighted by Gasteiger charge is 2.40. The van der Waals surface area contributed by atoms with Crippen LogP contribution >= 0.6 is 12.4 Å². The molecule has 1 saturated carbocycles. The maximum absolute atomic E-state index is 2.78. The maximum Gasteiger partial charge on any atom is 0.000967 e. The Morgan fingerprint density at radius 1 is 0.955 bits per heavy atom. The number of likely N-dealkylation sites (tertiary alicyclic amines) is 1. The van der Waals surface area contributed by atoms with Gasteiger partial charge in [-0.3, -0.25) is 0 Å². The van der Waals surface area contributed by atoms with Crippen LogP contribution in [0.3, 0.4) is 0 Å². The van der Waals surface area contributed by atoms with Gasteiger partial charge in [0.25, 0.3) is 0 Å². The minimum absolute atomic E-state index is 0. The van der Waals surface area contributed by atoms with Crippen LogP contribution in [0.15, 0.2) is 24.3 Å². The van der Waals surface area contributed by atoms with Gasteiger partial charge in [0.1, 0.15) is 0 Å². The summed E-state index contributed by atoms with van der Waals surface area (Å²) in [5.74, 6) is 1.00. The first-order valence-electron chi connectivity index (χ1n) is 9.16. The summed E-state index contributed by atoms with van der Waals surface area (Å²) < 4.78 is 0. The predicted octanol–water partition coefficient (Wildman–Crippen LogP) is 4.97. The summed E-state index contributed by atoms with van der Waals surface area (Å²) in [6.45, 7) is 4.06. The molecular formula is C20H30ClN. The summed E-state index contributed by atoms with van der Waals surface area (Å²) in [5.41, 5.74) is 3.88. The van der Waals surface area contributed by atoms with E-state index in [0.29, 0.717) is 5.41 Å². The number of hydrogen-bond acceptors (Lipinski definition) is 1. The Balaban J connectivity index is 0.00000144. The zero-order valence-electron chi connectivity index (χ0n) is 13.7. The Labute approximate surface area is 141 Å². The van der Waals surface area contributed by atoms with Gasteiger partial charge in [0.2, 0.25) is 0 Å². The summed E-state index contributed by atoms with van der Waals surface area (Å²) >= 11 is 0. The molecule has 0 aromatic heterocycles. The molecule has 0 amide bonds. The van der Waals surface area contributed by atoms with Gasteiger partial charge in [-0.2, -0.15) is 0 Å². The van der Waals surface area contributed by atoms with Crippen molar-refractivity contribution >= 4 is 12.4 Å². The maximum atomic E-state index is 2.78. The van der Waals surface area contributed by atoms with Crippen LogP contribution in [0.4, 0.5) is 0 Å². The van der Waals surface area contributed by atoms with Gasteiger partial charge in [0.05, 0.1) is 0 Å². The van der Waals surface area contributed by atoms with E-state index in [0.717, 1.165) is 5.92 Å². The van der Waals surface area contributed by atoms with Crippen molar-refractivity contribution < 1.29 is 0 Å². The van der Waals surface area contributed by atoms with Gasteiger partial charge in [-0.1, -0.05) is 43.5 Å². The van der Waals surface area contributed by atoms with Gasteiger partial charge >= 0.3 is 0 Å². The number of hydrogen-bond donors (Lipinski definition) is 0. The molecule has 0 atom stereocenters. The van der Waals surface area contributed by atoms with Crippen molar-refractivity contribution in [3.63, 3.8) is 0 Å². The van der Waals surface area contributed by atoms with Gasteiger partial charge in [0.15, 0.2) is 0 Å². The van der Waals surface area contributed by atoms with Crippen molar-refractivity contribution in [3.05, 3.63) is 35.4 Å². The highest BCUT2D eigenvalue weighted by atomic mass is 35.5. The van der Waals surface area contributed by atoms with E-state index >= 15 is 0 Å². The van der Waals surface area contributed by atoms with Crippen LogP contribution in [0.2, 0.25) is 0 Å². The summed E-state index contributed by atoms with van der Waals surface area (Å²) in [5, 5.41) is 0. The molecule has 2 aliphatic carbocycles. The molecule has 22 heavy (non-hydrogen) atoms. The standard InChI is InChI=1S/C20H29N.ClH/c1-2-6-17(7-3-1)16-21-14-12-20(13-15-21)11-10-18-8-4-5-9-19(18)20;/h4-5,8-9,17H,1-3,6-7,10-16H2;1H. The number of benzene rings is 1. The largest absolute Gasteiger partial charge is 0.303 e. The molecule has 0 unspecified atom stereocenters. The third-order valence-corrected chi connectivity index (χ3v) is 6.52. The van der Waals surface area contributed by atoms with E-state index in [-0.39, 0.29) is 12.4 Å². The second-order valence-corrected chi connectivity index (χ2v) is 7.74. The third kappa shape index (κ3) is 3.08. The van der Waals surface area contributed by atoms with E-state index in [2.05, 4.69) is 29.2 Å². The van der Waals surface area contributed by atoms with Crippen LogP contribution < -0.4 is 0 Å². The number of fused-ring (bicyclic) bond motifs is 2. The Morgan fingerprint density at radius 2 is 1.68 bits per heavy atom. The molecule has 1 aromatic carbocycles. The minimum Gasteiger partial charge on any atom is -0.303 e. The fourth-order valence-electron chi connectivity index (χ4n) is 5.18. The van der Waals surface area contributed by atoms with Crippen LogP contribution in [-0.4, -0.2) is 24.5 Å².